The number of benzene rings is 1. The Morgan fingerprint density at radius 1 is 1.32 bits per heavy atom. The molecular formula is C15H16BrNO5. The molecule has 2 aliphatic heterocycles. The lowest BCUT2D eigenvalue weighted by Gasteiger charge is -2.34. The van der Waals surface area contributed by atoms with Crippen molar-refractivity contribution in [2.24, 2.45) is 0 Å². The third-order valence-corrected chi connectivity index (χ3v) is 4.68. The summed E-state index contributed by atoms with van der Waals surface area (Å²) in [5.74, 6) is -1.16. The Morgan fingerprint density at radius 2 is 2.05 bits per heavy atom. The van der Waals surface area contributed by atoms with Gasteiger partial charge in [0, 0.05) is 36.1 Å². The molecule has 3 rings (SSSR count). The highest BCUT2D eigenvalue weighted by Gasteiger charge is 2.44. The van der Waals surface area contributed by atoms with Crippen LogP contribution < -0.4 is 10.1 Å². The molecule has 1 amide bonds. The second kappa shape index (κ2) is 5.89. The average molecular weight is 370 g/mol. The van der Waals surface area contributed by atoms with E-state index >= 15 is 0 Å². The molecule has 22 heavy (non-hydrogen) atoms. The molecule has 0 spiro atoms. The molecule has 0 aromatic heterocycles. The number of halogens is 1. The normalized spacial score (nSPS) is 22.5. The minimum atomic E-state index is -1.25. The van der Waals surface area contributed by atoms with Gasteiger partial charge in [-0.15, -0.1) is 0 Å². The Labute approximate surface area is 135 Å². The van der Waals surface area contributed by atoms with Crippen LogP contribution in [-0.4, -0.2) is 42.3 Å². The van der Waals surface area contributed by atoms with Gasteiger partial charge in [0.1, 0.15) is 23.8 Å². The van der Waals surface area contributed by atoms with Gasteiger partial charge in [0.05, 0.1) is 0 Å². The van der Waals surface area contributed by atoms with Gasteiger partial charge in [0.15, 0.2) is 0 Å². The summed E-state index contributed by atoms with van der Waals surface area (Å²) in [6, 6.07) is 5.48. The van der Waals surface area contributed by atoms with Gasteiger partial charge >= 0.3 is 5.97 Å². The van der Waals surface area contributed by atoms with Gasteiger partial charge in [-0.1, -0.05) is 15.9 Å². The van der Waals surface area contributed by atoms with Crippen LogP contribution in [0.5, 0.6) is 5.75 Å². The van der Waals surface area contributed by atoms with E-state index in [0.29, 0.717) is 19.0 Å². The number of hydrogen-bond acceptors (Lipinski definition) is 4. The average Bonchev–Trinajstić information content (AvgIpc) is 2.91. The highest BCUT2D eigenvalue weighted by Crippen LogP contribution is 2.36. The summed E-state index contributed by atoms with van der Waals surface area (Å²) in [6.45, 7) is 0.885. The topological polar surface area (TPSA) is 84.9 Å². The van der Waals surface area contributed by atoms with Crippen molar-refractivity contribution in [1.29, 1.82) is 0 Å². The molecule has 0 aliphatic carbocycles. The Morgan fingerprint density at radius 3 is 2.73 bits per heavy atom. The molecule has 118 valence electrons. The molecule has 1 aromatic rings. The molecule has 1 fully saturated rings. The van der Waals surface area contributed by atoms with Crippen LogP contribution in [0.4, 0.5) is 0 Å². The summed E-state index contributed by atoms with van der Waals surface area (Å²) in [5, 5.41) is 12.2. The van der Waals surface area contributed by atoms with Gasteiger partial charge < -0.3 is 19.9 Å². The summed E-state index contributed by atoms with van der Waals surface area (Å²) in [7, 11) is 0. The highest BCUT2D eigenvalue weighted by atomic mass is 79.9. The van der Waals surface area contributed by atoms with E-state index in [4.69, 9.17) is 9.47 Å². The fourth-order valence-electron chi connectivity index (χ4n) is 2.84. The van der Waals surface area contributed by atoms with Crippen molar-refractivity contribution in [1.82, 2.24) is 5.32 Å². The van der Waals surface area contributed by atoms with Crippen LogP contribution in [0, 0.1) is 0 Å². The van der Waals surface area contributed by atoms with Crippen molar-refractivity contribution >= 4 is 27.8 Å². The lowest BCUT2D eigenvalue weighted by atomic mass is 9.88. The van der Waals surface area contributed by atoms with E-state index in [2.05, 4.69) is 21.2 Å². The van der Waals surface area contributed by atoms with E-state index in [1.54, 1.807) is 6.07 Å². The fraction of sp³-hybridized carbons (Fsp3) is 0.467. The third-order valence-electron chi connectivity index (χ3n) is 4.19. The minimum absolute atomic E-state index is 0.226. The second-order valence-corrected chi connectivity index (χ2v) is 6.45. The number of hydrogen-bond donors (Lipinski definition) is 2. The fourth-order valence-corrected chi connectivity index (χ4v) is 3.22. The predicted octanol–water partition coefficient (Wildman–Crippen LogP) is 1.68. The number of amides is 1. The molecule has 1 atom stereocenters. The van der Waals surface area contributed by atoms with Crippen molar-refractivity contribution in [3.8, 4) is 5.75 Å². The van der Waals surface area contributed by atoms with Crippen LogP contribution in [0.1, 0.15) is 24.3 Å². The summed E-state index contributed by atoms with van der Waals surface area (Å²) in [5.41, 5.74) is -0.469. The summed E-state index contributed by atoms with van der Waals surface area (Å²) < 4.78 is 11.6. The molecule has 7 heteroatoms. The maximum absolute atomic E-state index is 12.6. The minimum Gasteiger partial charge on any atom is -0.492 e. The third kappa shape index (κ3) is 2.70. The van der Waals surface area contributed by atoms with Crippen LogP contribution in [0.15, 0.2) is 22.7 Å². The van der Waals surface area contributed by atoms with Gasteiger partial charge in [-0.3, -0.25) is 4.79 Å². The molecule has 2 N–H and O–H groups in total. The number of fused-ring (bicyclic) bond motifs is 1. The monoisotopic (exact) mass is 369 g/mol. The number of carbonyl (C=O) groups excluding carboxylic acids is 1. The molecule has 6 nitrogen and oxygen atoms in total. The summed E-state index contributed by atoms with van der Waals surface area (Å²) >= 11 is 3.38. The lowest BCUT2D eigenvalue weighted by Crippen LogP contribution is -2.58. The molecular weight excluding hydrogens is 354 g/mol. The van der Waals surface area contributed by atoms with E-state index < -0.39 is 17.4 Å². The van der Waals surface area contributed by atoms with E-state index in [-0.39, 0.29) is 25.4 Å². The SMILES string of the molecule is O=C(NC1(C(=O)O)CCOCC1)C1COc2ccc(Br)cc21. The summed E-state index contributed by atoms with van der Waals surface area (Å²) in [6.07, 6.45) is 0.542. The highest BCUT2D eigenvalue weighted by molar-refractivity contribution is 9.10. The zero-order valence-electron chi connectivity index (χ0n) is 11.8. The number of carboxylic acids is 1. The maximum Gasteiger partial charge on any atom is 0.329 e. The predicted molar refractivity (Wildman–Crippen MR) is 80.9 cm³/mol. The van der Waals surface area contributed by atoms with Gasteiger partial charge in [-0.2, -0.15) is 0 Å². The zero-order valence-corrected chi connectivity index (χ0v) is 13.4. The first-order valence-electron chi connectivity index (χ1n) is 7.07. The smallest absolute Gasteiger partial charge is 0.329 e. The largest absolute Gasteiger partial charge is 0.492 e. The molecule has 1 saturated heterocycles. The van der Waals surface area contributed by atoms with Gasteiger partial charge in [-0.05, 0) is 18.2 Å². The molecule has 0 bridgehead atoms. The van der Waals surface area contributed by atoms with Crippen molar-refractivity contribution < 1.29 is 24.2 Å². The molecule has 0 saturated carbocycles. The first-order chi connectivity index (χ1) is 10.5. The van der Waals surface area contributed by atoms with Crippen LogP contribution in [-0.2, 0) is 14.3 Å². The molecule has 0 radical (unpaired) electrons. The Kier molecular flexibility index (Phi) is 4.10. The first kappa shape index (κ1) is 15.3. The van der Waals surface area contributed by atoms with Gasteiger partial charge in [0.2, 0.25) is 5.91 Å². The number of carboxylic acid groups (broad SMARTS) is 1. The first-order valence-corrected chi connectivity index (χ1v) is 7.86. The van der Waals surface area contributed by atoms with Crippen molar-refractivity contribution in [2.45, 2.75) is 24.3 Å². The number of aliphatic carboxylic acids is 1. The molecule has 1 unspecified atom stereocenters. The number of ether oxygens (including phenoxy) is 2. The molecule has 2 heterocycles. The van der Waals surface area contributed by atoms with Crippen LogP contribution in [0.2, 0.25) is 0 Å². The zero-order chi connectivity index (χ0) is 15.7. The van der Waals surface area contributed by atoms with E-state index in [1.165, 1.54) is 0 Å². The number of nitrogens with one attached hydrogen (secondary N) is 1. The van der Waals surface area contributed by atoms with E-state index in [9.17, 15) is 14.7 Å². The van der Waals surface area contributed by atoms with Crippen LogP contribution in [0.3, 0.4) is 0 Å². The van der Waals surface area contributed by atoms with Crippen LogP contribution in [0.25, 0.3) is 0 Å². The summed E-state index contributed by atoms with van der Waals surface area (Å²) in [4.78, 5) is 24.2. The number of rotatable bonds is 3. The quantitative estimate of drug-likeness (QED) is 0.846. The van der Waals surface area contributed by atoms with E-state index in [0.717, 1.165) is 10.0 Å². The van der Waals surface area contributed by atoms with E-state index in [1.807, 2.05) is 12.1 Å². The van der Waals surface area contributed by atoms with Crippen molar-refractivity contribution in [3.05, 3.63) is 28.2 Å². The Hall–Kier alpha value is -1.60. The van der Waals surface area contributed by atoms with Gasteiger partial charge in [0.25, 0.3) is 0 Å². The maximum atomic E-state index is 12.6. The Balaban J connectivity index is 1.81. The second-order valence-electron chi connectivity index (χ2n) is 5.53. The molecule has 2 aliphatic rings. The van der Waals surface area contributed by atoms with Crippen LogP contribution >= 0.6 is 15.9 Å². The van der Waals surface area contributed by atoms with Crippen molar-refractivity contribution in [3.63, 3.8) is 0 Å². The van der Waals surface area contributed by atoms with Gasteiger partial charge in [-0.25, -0.2) is 4.79 Å². The lowest BCUT2D eigenvalue weighted by molar-refractivity contribution is -0.152. The standard InChI is InChI=1S/C15H16BrNO5/c16-9-1-2-12-10(7-9)11(8-22-12)13(18)17-15(14(19)20)3-5-21-6-4-15/h1-2,7,11H,3-6,8H2,(H,17,18)(H,19,20). The Bertz CT molecular complexity index is 612. The number of carbonyl (C=O) groups is 2. The molecule has 1 aromatic carbocycles. The van der Waals surface area contributed by atoms with Crippen molar-refractivity contribution in [2.75, 3.05) is 19.8 Å².